The van der Waals surface area contributed by atoms with E-state index in [0.29, 0.717) is 18.7 Å². The SMILES string of the molecule is COC(=O)c1ccc(CCCN2CC(c3ccccc3)OC2(C)C(=O)O)cc1. The summed E-state index contributed by atoms with van der Waals surface area (Å²) in [5.41, 5.74) is 1.25. The molecule has 1 fully saturated rings. The number of methoxy groups -OCH3 is 1. The Bertz CT molecular complexity index is 821. The molecule has 148 valence electrons. The van der Waals surface area contributed by atoms with Crippen molar-refractivity contribution in [1.29, 1.82) is 0 Å². The zero-order valence-electron chi connectivity index (χ0n) is 16.1. The second kappa shape index (κ2) is 8.54. The van der Waals surface area contributed by atoms with Crippen LogP contribution in [0.1, 0.15) is 40.9 Å². The molecule has 0 amide bonds. The van der Waals surface area contributed by atoms with Crippen molar-refractivity contribution in [2.75, 3.05) is 20.2 Å². The molecule has 6 heteroatoms. The second-order valence-electron chi connectivity index (χ2n) is 7.04. The number of carboxylic acids is 1. The van der Waals surface area contributed by atoms with Crippen LogP contribution in [0.5, 0.6) is 0 Å². The highest BCUT2D eigenvalue weighted by atomic mass is 16.6. The van der Waals surface area contributed by atoms with E-state index in [-0.39, 0.29) is 12.1 Å². The number of carbonyl (C=O) groups excluding carboxylic acids is 1. The van der Waals surface area contributed by atoms with Crippen molar-refractivity contribution >= 4 is 11.9 Å². The van der Waals surface area contributed by atoms with E-state index in [1.54, 1.807) is 19.1 Å². The third-order valence-corrected chi connectivity index (χ3v) is 5.20. The Morgan fingerprint density at radius 2 is 1.86 bits per heavy atom. The Kier molecular flexibility index (Phi) is 6.11. The topological polar surface area (TPSA) is 76.1 Å². The van der Waals surface area contributed by atoms with Gasteiger partial charge in [0.05, 0.1) is 18.8 Å². The van der Waals surface area contributed by atoms with Gasteiger partial charge in [0.25, 0.3) is 0 Å². The fourth-order valence-electron chi connectivity index (χ4n) is 3.49. The highest BCUT2D eigenvalue weighted by Gasteiger charge is 2.49. The third kappa shape index (κ3) is 4.24. The van der Waals surface area contributed by atoms with Crippen LogP contribution < -0.4 is 0 Å². The summed E-state index contributed by atoms with van der Waals surface area (Å²) in [7, 11) is 1.36. The first kappa shape index (κ1) is 20.0. The van der Waals surface area contributed by atoms with Crippen LogP contribution in [0.25, 0.3) is 0 Å². The van der Waals surface area contributed by atoms with Crippen molar-refractivity contribution < 1.29 is 24.2 Å². The number of aliphatic carboxylic acids is 1. The molecule has 0 spiro atoms. The molecule has 1 aliphatic heterocycles. The van der Waals surface area contributed by atoms with Gasteiger partial charge in [0, 0.05) is 13.1 Å². The first-order chi connectivity index (χ1) is 13.4. The maximum atomic E-state index is 11.9. The second-order valence-corrected chi connectivity index (χ2v) is 7.04. The maximum Gasteiger partial charge on any atom is 0.351 e. The fourth-order valence-corrected chi connectivity index (χ4v) is 3.49. The minimum Gasteiger partial charge on any atom is -0.478 e. The van der Waals surface area contributed by atoms with Crippen molar-refractivity contribution in [3.63, 3.8) is 0 Å². The molecule has 1 aliphatic rings. The Hall–Kier alpha value is -2.70. The highest BCUT2D eigenvalue weighted by molar-refractivity contribution is 5.89. The van der Waals surface area contributed by atoms with Gasteiger partial charge in [-0.3, -0.25) is 4.90 Å². The van der Waals surface area contributed by atoms with E-state index in [2.05, 4.69) is 0 Å². The number of carboxylic acid groups (broad SMARTS) is 1. The number of carbonyl (C=O) groups is 2. The molecule has 6 nitrogen and oxygen atoms in total. The average Bonchev–Trinajstić information content (AvgIpc) is 3.07. The van der Waals surface area contributed by atoms with E-state index >= 15 is 0 Å². The van der Waals surface area contributed by atoms with Gasteiger partial charge in [-0.05, 0) is 43.0 Å². The average molecular weight is 383 g/mol. The third-order valence-electron chi connectivity index (χ3n) is 5.20. The Morgan fingerprint density at radius 3 is 2.46 bits per heavy atom. The number of ether oxygens (including phenoxy) is 2. The molecule has 1 heterocycles. The van der Waals surface area contributed by atoms with Crippen LogP contribution in [0.4, 0.5) is 0 Å². The van der Waals surface area contributed by atoms with Gasteiger partial charge in [-0.1, -0.05) is 42.5 Å². The molecule has 0 aromatic heterocycles. The molecule has 2 unspecified atom stereocenters. The minimum atomic E-state index is -1.34. The van der Waals surface area contributed by atoms with Crippen molar-refractivity contribution in [2.45, 2.75) is 31.6 Å². The summed E-state index contributed by atoms with van der Waals surface area (Å²) in [6, 6.07) is 17.0. The fraction of sp³-hybridized carbons (Fsp3) is 0.364. The Balaban J connectivity index is 1.62. The summed E-state index contributed by atoms with van der Waals surface area (Å²) in [6.07, 6.45) is 1.30. The summed E-state index contributed by atoms with van der Waals surface area (Å²) in [5.74, 6) is -1.33. The number of rotatable bonds is 7. The molecular weight excluding hydrogens is 358 g/mol. The molecule has 2 aromatic carbocycles. The van der Waals surface area contributed by atoms with Crippen molar-refractivity contribution in [1.82, 2.24) is 4.90 Å². The van der Waals surface area contributed by atoms with E-state index in [1.165, 1.54) is 7.11 Å². The van der Waals surface area contributed by atoms with Crippen molar-refractivity contribution in [3.8, 4) is 0 Å². The number of esters is 1. The quantitative estimate of drug-likeness (QED) is 0.740. The van der Waals surface area contributed by atoms with Crippen molar-refractivity contribution in [2.24, 2.45) is 0 Å². The lowest BCUT2D eigenvalue weighted by Crippen LogP contribution is -2.49. The lowest BCUT2D eigenvalue weighted by molar-refractivity contribution is -0.177. The standard InChI is InChI=1S/C22H25NO5/c1-22(21(25)26)23(15-19(28-22)17-8-4-3-5-9-17)14-6-7-16-10-12-18(13-11-16)20(24)27-2/h3-5,8-13,19H,6-7,14-15H2,1-2H3,(H,25,26). The first-order valence-corrected chi connectivity index (χ1v) is 9.32. The molecule has 0 aliphatic carbocycles. The van der Waals surface area contributed by atoms with Gasteiger partial charge in [-0.25, -0.2) is 9.59 Å². The van der Waals surface area contributed by atoms with E-state index in [0.717, 1.165) is 24.0 Å². The molecular formula is C22H25NO5. The summed E-state index contributed by atoms with van der Waals surface area (Å²) in [4.78, 5) is 25.2. The minimum absolute atomic E-state index is 0.262. The Morgan fingerprint density at radius 1 is 1.18 bits per heavy atom. The predicted octanol–water partition coefficient (Wildman–Crippen LogP) is 3.28. The summed E-state index contributed by atoms with van der Waals surface area (Å²) in [6.45, 7) is 2.75. The van der Waals surface area contributed by atoms with Crippen LogP contribution in [0, 0.1) is 0 Å². The first-order valence-electron chi connectivity index (χ1n) is 9.32. The van der Waals surface area contributed by atoms with Crippen LogP contribution in [-0.4, -0.2) is 47.9 Å². The van der Waals surface area contributed by atoms with E-state index in [1.807, 2.05) is 47.4 Å². The molecule has 3 rings (SSSR count). The van der Waals surface area contributed by atoms with E-state index < -0.39 is 11.7 Å². The normalized spacial score (nSPS) is 22.1. The molecule has 1 N–H and O–H groups in total. The molecule has 0 saturated carbocycles. The van der Waals surface area contributed by atoms with Gasteiger partial charge >= 0.3 is 11.9 Å². The van der Waals surface area contributed by atoms with Crippen LogP contribution in [0.15, 0.2) is 54.6 Å². The molecule has 28 heavy (non-hydrogen) atoms. The van der Waals surface area contributed by atoms with Gasteiger partial charge < -0.3 is 14.6 Å². The smallest absolute Gasteiger partial charge is 0.351 e. The maximum absolute atomic E-state index is 11.9. The molecule has 0 bridgehead atoms. The molecule has 1 saturated heterocycles. The summed E-state index contributed by atoms with van der Waals surface area (Å²) >= 11 is 0. The largest absolute Gasteiger partial charge is 0.478 e. The van der Waals surface area contributed by atoms with Crippen LogP contribution in [0.3, 0.4) is 0 Å². The highest BCUT2D eigenvalue weighted by Crippen LogP contribution is 2.36. The van der Waals surface area contributed by atoms with Crippen molar-refractivity contribution in [3.05, 3.63) is 71.3 Å². The number of nitrogens with zero attached hydrogens (tertiary/aromatic N) is 1. The molecule has 2 atom stereocenters. The van der Waals surface area contributed by atoms with Gasteiger partial charge in [0.1, 0.15) is 0 Å². The molecule has 2 aromatic rings. The van der Waals surface area contributed by atoms with Crippen LogP contribution in [0.2, 0.25) is 0 Å². The molecule has 0 radical (unpaired) electrons. The van der Waals surface area contributed by atoms with E-state index in [9.17, 15) is 14.7 Å². The Labute approximate surface area is 164 Å². The van der Waals surface area contributed by atoms with Gasteiger partial charge in [-0.15, -0.1) is 0 Å². The zero-order chi connectivity index (χ0) is 20.1. The number of aryl methyl sites for hydroxylation is 1. The summed E-state index contributed by atoms with van der Waals surface area (Å²) in [5, 5.41) is 9.72. The monoisotopic (exact) mass is 383 g/mol. The number of hydrogen-bond acceptors (Lipinski definition) is 5. The van der Waals surface area contributed by atoms with E-state index in [4.69, 9.17) is 9.47 Å². The zero-order valence-corrected chi connectivity index (χ0v) is 16.1. The van der Waals surface area contributed by atoms with Gasteiger partial charge in [0.15, 0.2) is 0 Å². The predicted molar refractivity (Wildman–Crippen MR) is 104 cm³/mol. The van der Waals surface area contributed by atoms with Gasteiger partial charge in [0.2, 0.25) is 5.72 Å². The van der Waals surface area contributed by atoms with Gasteiger partial charge in [-0.2, -0.15) is 0 Å². The lowest BCUT2D eigenvalue weighted by atomic mass is 10.1. The summed E-state index contributed by atoms with van der Waals surface area (Å²) < 4.78 is 10.6. The number of hydrogen-bond donors (Lipinski definition) is 1. The van der Waals surface area contributed by atoms with Crippen LogP contribution >= 0.6 is 0 Å². The van der Waals surface area contributed by atoms with Crippen LogP contribution in [-0.2, 0) is 20.7 Å². The number of benzene rings is 2. The lowest BCUT2D eigenvalue weighted by Gasteiger charge is -2.29.